The summed E-state index contributed by atoms with van der Waals surface area (Å²) in [6.45, 7) is 5.78. The number of carbonyl (C=O) groups is 4. The standard InChI is InChI=1S/C34H48O8/c1-4-5-18-40-31(39)42-34(28(37)21-41-29(38)13-10-22-8-6-7-9-22)17-15-26-25-12-11-23-19-24(35)14-16-32(23,2)30(25)27(36)20-33(26,34)3/h14,16,19,22,25-27,30,36H,4-13,15,17-18,20-21H2,1-3H3/t25-,26-,27?,30+,32-,33-,34-/m0/s1. The zero-order chi connectivity index (χ0) is 30.1. The fraction of sp³-hybridized carbons (Fsp3) is 0.765. The van der Waals surface area contributed by atoms with Crippen LogP contribution in [0, 0.1) is 34.5 Å². The van der Waals surface area contributed by atoms with Crippen LogP contribution in [-0.2, 0) is 28.6 Å². The van der Waals surface area contributed by atoms with Crippen LogP contribution in [0.2, 0.25) is 0 Å². The number of Topliss-reactive ketones (excluding diaryl/α,β-unsaturated/α-hetero) is 1. The third-order valence-electron chi connectivity index (χ3n) is 11.6. The highest BCUT2D eigenvalue weighted by atomic mass is 16.7. The van der Waals surface area contributed by atoms with Crippen molar-refractivity contribution in [3.8, 4) is 0 Å². The Bertz CT molecular complexity index is 1130. The van der Waals surface area contributed by atoms with Crippen LogP contribution < -0.4 is 0 Å². The van der Waals surface area contributed by atoms with Crippen molar-refractivity contribution in [3.63, 3.8) is 0 Å². The van der Waals surface area contributed by atoms with E-state index in [2.05, 4.69) is 6.92 Å². The molecule has 5 rings (SSSR count). The highest BCUT2D eigenvalue weighted by Crippen LogP contribution is 2.68. The van der Waals surface area contributed by atoms with E-state index < -0.39 is 47.0 Å². The monoisotopic (exact) mass is 584 g/mol. The Labute approximate surface area is 249 Å². The van der Waals surface area contributed by atoms with Crippen molar-refractivity contribution in [2.24, 2.45) is 34.5 Å². The number of fused-ring (bicyclic) bond motifs is 5. The number of allylic oxidation sites excluding steroid dienone is 4. The molecule has 1 unspecified atom stereocenters. The van der Waals surface area contributed by atoms with Crippen LogP contribution in [-0.4, -0.2) is 53.7 Å². The molecule has 0 spiro atoms. The number of ketones is 2. The maximum absolute atomic E-state index is 14.1. The largest absolute Gasteiger partial charge is 0.509 e. The molecule has 0 heterocycles. The van der Waals surface area contributed by atoms with Gasteiger partial charge in [0.05, 0.1) is 12.7 Å². The van der Waals surface area contributed by atoms with E-state index in [1.54, 1.807) is 12.2 Å². The Morgan fingerprint density at radius 1 is 1.07 bits per heavy atom. The average Bonchev–Trinajstić information content (AvgIpc) is 3.57. The van der Waals surface area contributed by atoms with Crippen molar-refractivity contribution < 1.29 is 38.5 Å². The van der Waals surface area contributed by atoms with E-state index in [-0.39, 0.29) is 43.0 Å². The number of esters is 1. The summed E-state index contributed by atoms with van der Waals surface area (Å²) < 4.78 is 16.9. The summed E-state index contributed by atoms with van der Waals surface area (Å²) in [7, 11) is 0. The van der Waals surface area contributed by atoms with Gasteiger partial charge < -0.3 is 19.3 Å². The summed E-state index contributed by atoms with van der Waals surface area (Å²) in [6.07, 6.45) is 13.6. The molecule has 7 atom stereocenters. The molecule has 5 aliphatic carbocycles. The predicted octanol–water partition coefficient (Wildman–Crippen LogP) is 6.04. The van der Waals surface area contributed by atoms with E-state index in [9.17, 15) is 24.3 Å². The Kier molecular flexibility index (Phi) is 9.03. The van der Waals surface area contributed by atoms with Crippen molar-refractivity contribution in [2.75, 3.05) is 13.2 Å². The first-order valence-electron chi connectivity index (χ1n) is 16.2. The van der Waals surface area contributed by atoms with E-state index in [0.717, 1.165) is 44.1 Å². The summed E-state index contributed by atoms with van der Waals surface area (Å²) in [6, 6.07) is 0. The number of carbonyl (C=O) groups excluding carboxylic acids is 4. The summed E-state index contributed by atoms with van der Waals surface area (Å²) in [5.74, 6) is -0.368. The molecule has 0 amide bonds. The highest BCUT2D eigenvalue weighted by Gasteiger charge is 2.70. The lowest BCUT2D eigenvalue weighted by Crippen LogP contribution is -2.63. The number of aliphatic hydroxyl groups is 1. The lowest BCUT2D eigenvalue weighted by atomic mass is 9.46. The zero-order valence-corrected chi connectivity index (χ0v) is 25.5. The minimum Gasteiger partial charge on any atom is -0.457 e. The third-order valence-corrected chi connectivity index (χ3v) is 11.6. The van der Waals surface area contributed by atoms with E-state index in [4.69, 9.17) is 14.2 Å². The first-order valence-corrected chi connectivity index (χ1v) is 16.2. The molecule has 0 aromatic rings. The summed E-state index contributed by atoms with van der Waals surface area (Å²) in [4.78, 5) is 51.9. The van der Waals surface area contributed by atoms with Crippen molar-refractivity contribution in [1.82, 2.24) is 0 Å². The summed E-state index contributed by atoms with van der Waals surface area (Å²) >= 11 is 0. The molecule has 0 saturated heterocycles. The zero-order valence-electron chi connectivity index (χ0n) is 25.5. The SMILES string of the molecule is CCCCOC(=O)O[C@]1(C(=O)COC(=O)CCC2CCCC2)CC[C@H]2[C@@H]3CCC4=CC(=O)C=C[C@]4(C)[C@H]3C(O)C[C@@]21C. The average molecular weight is 585 g/mol. The number of hydrogen-bond acceptors (Lipinski definition) is 8. The minimum absolute atomic E-state index is 0.000706. The number of aliphatic hydroxyl groups excluding tert-OH is 1. The van der Waals surface area contributed by atoms with Gasteiger partial charge in [-0.25, -0.2) is 4.79 Å². The number of hydrogen-bond donors (Lipinski definition) is 1. The topological polar surface area (TPSA) is 116 Å². The Morgan fingerprint density at radius 3 is 2.57 bits per heavy atom. The quantitative estimate of drug-likeness (QED) is 0.244. The molecule has 42 heavy (non-hydrogen) atoms. The molecule has 0 aliphatic heterocycles. The number of rotatable bonds is 10. The second kappa shape index (κ2) is 12.3. The molecule has 8 heteroatoms. The van der Waals surface area contributed by atoms with Crippen molar-refractivity contribution in [3.05, 3.63) is 23.8 Å². The van der Waals surface area contributed by atoms with Crippen LogP contribution in [0.1, 0.15) is 104 Å². The first-order chi connectivity index (χ1) is 20.0. The van der Waals surface area contributed by atoms with Gasteiger partial charge in [0.15, 0.2) is 18.0 Å². The minimum atomic E-state index is -1.56. The number of ether oxygens (including phenoxy) is 3. The lowest BCUT2D eigenvalue weighted by molar-refractivity contribution is -0.186. The molecule has 8 nitrogen and oxygen atoms in total. The van der Waals surface area contributed by atoms with Gasteiger partial charge >= 0.3 is 12.1 Å². The lowest BCUT2D eigenvalue weighted by Gasteiger charge is -2.59. The van der Waals surface area contributed by atoms with Gasteiger partial charge in [0.2, 0.25) is 5.78 Å². The fourth-order valence-electron chi connectivity index (χ4n) is 9.42. The van der Waals surface area contributed by atoms with Crippen LogP contribution in [0.5, 0.6) is 0 Å². The Morgan fingerprint density at radius 2 is 1.83 bits per heavy atom. The molecule has 0 aromatic carbocycles. The third kappa shape index (κ3) is 5.48. The molecule has 4 saturated carbocycles. The fourth-order valence-corrected chi connectivity index (χ4v) is 9.42. The van der Waals surface area contributed by atoms with Crippen LogP contribution in [0.4, 0.5) is 4.79 Å². The van der Waals surface area contributed by atoms with Crippen molar-refractivity contribution in [2.45, 2.75) is 116 Å². The van der Waals surface area contributed by atoms with Crippen molar-refractivity contribution in [1.29, 1.82) is 0 Å². The van der Waals surface area contributed by atoms with Gasteiger partial charge in [-0.05, 0) is 74.9 Å². The first kappa shape index (κ1) is 31.0. The highest BCUT2D eigenvalue weighted by molar-refractivity contribution is 6.01. The smallest absolute Gasteiger partial charge is 0.457 e. The number of unbranched alkanes of at least 4 members (excludes halogenated alkanes) is 1. The molecule has 232 valence electrons. The Hall–Kier alpha value is -2.48. The van der Waals surface area contributed by atoms with Gasteiger partial charge in [-0.3, -0.25) is 14.4 Å². The van der Waals surface area contributed by atoms with E-state index in [1.807, 2.05) is 19.9 Å². The maximum atomic E-state index is 14.1. The predicted molar refractivity (Wildman–Crippen MR) is 155 cm³/mol. The molecular weight excluding hydrogens is 536 g/mol. The van der Waals surface area contributed by atoms with Gasteiger partial charge in [-0.1, -0.05) is 64.5 Å². The van der Waals surface area contributed by atoms with Gasteiger partial charge in [-0.15, -0.1) is 0 Å². The molecule has 0 aromatic heterocycles. The van der Waals surface area contributed by atoms with Crippen molar-refractivity contribution >= 4 is 23.7 Å². The van der Waals surface area contributed by atoms with E-state index in [1.165, 1.54) is 12.8 Å². The molecule has 4 fully saturated rings. The van der Waals surface area contributed by atoms with E-state index in [0.29, 0.717) is 25.2 Å². The van der Waals surface area contributed by atoms with Crippen LogP contribution >= 0.6 is 0 Å². The molecule has 0 radical (unpaired) electrons. The van der Waals surface area contributed by atoms with E-state index >= 15 is 0 Å². The van der Waals surface area contributed by atoms with Crippen LogP contribution in [0.3, 0.4) is 0 Å². The molecular formula is C34H48O8. The molecule has 1 N–H and O–H groups in total. The summed E-state index contributed by atoms with van der Waals surface area (Å²) in [5, 5.41) is 11.8. The van der Waals surface area contributed by atoms with Gasteiger partial charge in [-0.2, -0.15) is 0 Å². The maximum Gasteiger partial charge on any atom is 0.509 e. The van der Waals surface area contributed by atoms with Crippen LogP contribution in [0.25, 0.3) is 0 Å². The second-order valence-corrected chi connectivity index (χ2v) is 13.9. The summed E-state index contributed by atoms with van der Waals surface area (Å²) in [5.41, 5.74) is -1.81. The second-order valence-electron chi connectivity index (χ2n) is 13.9. The van der Waals surface area contributed by atoms with Gasteiger partial charge in [0.1, 0.15) is 0 Å². The normalized spacial score (nSPS) is 37.3. The van der Waals surface area contributed by atoms with Crippen LogP contribution in [0.15, 0.2) is 23.8 Å². The molecule has 0 bridgehead atoms. The Balaban J connectivity index is 1.37. The van der Waals surface area contributed by atoms with Gasteiger partial charge in [0.25, 0.3) is 0 Å². The molecule has 5 aliphatic rings. The van der Waals surface area contributed by atoms with Gasteiger partial charge in [0, 0.05) is 23.2 Å².